The molecule has 2 rings (SSSR count). The van der Waals surface area contributed by atoms with Crippen LogP contribution in [0.4, 0.5) is 0 Å². The number of ether oxygens (including phenoxy) is 2. The maximum atomic E-state index is 12.0. The topological polar surface area (TPSA) is 47.6 Å². The highest BCUT2D eigenvalue weighted by Crippen LogP contribution is 2.26. The normalized spacial score (nSPS) is 21.2. The van der Waals surface area contributed by atoms with Crippen molar-refractivity contribution in [3.63, 3.8) is 0 Å². The molecule has 1 aromatic carbocycles. The van der Waals surface area contributed by atoms with E-state index < -0.39 is 0 Å². The third kappa shape index (κ3) is 6.22. The summed E-state index contributed by atoms with van der Waals surface area (Å²) in [5, 5.41) is 2.91. The van der Waals surface area contributed by atoms with Gasteiger partial charge in [0.05, 0.1) is 12.2 Å². The Morgan fingerprint density at radius 2 is 2.09 bits per heavy atom. The molecule has 1 aliphatic rings. The lowest BCUT2D eigenvalue weighted by atomic mass is 9.88. The van der Waals surface area contributed by atoms with Crippen molar-refractivity contribution in [2.24, 2.45) is 5.92 Å². The van der Waals surface area contributed by atoms with Crippen LogP contribution in [0.5, 0.6) is 5.75 Å². The summed E-state index contributed by atoms with van der Waals surface area (Å²) in [5.74, 6) is 1.33. The van der Waals surface area contributed by atoms with Crippen molar-refractivity contribution in [3.05, 3.63) is 29.8 Å². The molecule has 2 unspecified atom stereocenters. The van der Waals surface area contributed by atoms with Crippen molar-refractivity contribution in [3.8, 4) is 5.75 Å². The van der Waals surface area contributed by atoms with Crippen LogP contribution >= 0.6 is 0 Å². The van der Waals surface area contributed by atoms with E-state index in [1.54, 1.807) is 0 Å². The van der Waals surface area contributed by atoms with Gasteiger partial charge in [-0.15, -0.1) is 0 Å². The van der Waals surface area contributed by atoms with Crippen molar-refractivity contribution < 1.29 is 14.3 Å². The predicted octanol–water partition coefficient (Wildman–Crippen LogP) is 3.69. The Balaban J connectivity index is 1.73. The molecule has 23 heavy (non-hydrogen) atoms. The number of hydrogen-bond acceptors (Lipinski definition) is 3. The van der Waals surface area contributed by atoms with Crippen LogP contribution in [0.2, 0.25) is 0 Å². The summed E-state index contributed by atoms with van der Waals surface area (Å²) in [4.78, 5) is 12.0. The number of amides is 1. The smallest absolute Gasteiger partial charge is 0.246 e. The van der Waals surface area contributed by atoms with Gasteiger partial charge in [-0.05, 0) is 50.3 Å². The van der Waals surface area contributed by atoms with Crippen molar-refractivity contribution >= 4 is 5.91 Å². The van der Waals surface area contributed by atoms with E-state index in [0.29, 0.717) is 12.5 Å². The number of benzene rings is 1. The molecule has 2 atom stereocenters. The maximum Gasteiger partial charge on any atom is 0.246 e. The first-order valence-corrected chi connectivity index (χ1v) is 8.68. The zero-order chi connectivity index (χ0) is 16.7. The van der Waals surface area contributed by atoms with E-state index >= 15 is 0 Å². The highest BCUT2D eigenvalue weighted by molar-refractivity contribution is 5.77. The molecular weight excluding hydrogens is 290 g/mol. The Morgan fingerprint density at radius 1 is 1.30 bits per heavy atom. The zero-order valence-electron chi connectivity index (χ0n) is 14.5. The molecule has 4 nitrogen and oxygen atoms in total. The number of carbonyl (C=O) groups excluding carboxylic acids is 1. The summed E-state index contributed by atoms with van der Waals surface area (Å²) >= 11 is 0. The lowest BCUT2D eigenvalue weighted by Gasteiger charge is -2.28. The minimum absolute atomic E-state index is 0.0574. The first-order chi connectivity index (χ1) is 11.0. The predicted molar refractivity (Wildman–Crippen MR) is 91.4 cm³/mol. The Hall–Kier alpha value is -1.55. The minimum atomic E-state index is -0.0574. The van der Waals surface area contributed by atoms with Crippen LogP contribution in [0.1, 0.15) is 52.0 Å². The van der Waals surface area contributed by atoms with Crippen LogP contribution in [-0.2, 0) is 16.1 Å². The van der Waals surface area contributed by atoms with Crippen LogP contribution < -0.4 is 10.1 Å². The summed E-state index contributed by atoms with van der Waals surface area (Å²) < 4.78 is 11.4. The molecule has 0 saturated heterocycles. The molecular formula is C19H29NO3. The maximum absolute atomic E-state index is 12.0. The first-order valence-electron chi connectivity index (χ1n) is 8.68. The second-order valence-corrected chi connectivity index (χ2v) is 6.70. The summed E-state index contributed by atoms with van der Waals surface area (Å²) in [6.07, 6.45) is 5.14. The van der Waals surface area contributed by atoms with Crippen LogP contribution in [0.3, 0.4) is 0 Å². The summed E-state index contributed by atoms with van der Waals surface area (Å²) in [6.45, 7) is 6.85. The van der Waals surface area contributed by atoms with Crippen molar-refractivity contribution in [1.29, 1.82) is 0 Å². The quantitative estimate of drug-likeness (QED) is 0.834. The summed E-state index contributed by atoms with van der Waals surface area (Å²) in [6, 6.07) is 7.82. The molecule has 1 aliphatic carbocycles. The molecule has 0 radical (unpaired) electrons. The van der Waals surface area contributed by atoms with Gasteiger partial charge in [0.15, 0.2) is 0 Å². The van der Waals surface area contributed by atoms with Gasteiger partial charge in [0.25, 0.3) is 0 Å². The monoisotopic (exact) mass is 319 g/mol. The number of carbonyl (C=O) groups is 1. The van der Waals surface area contributed by atoms with E-state index in [2.05, 4.69) is 12.2 Å². The zero-order valence-corrected chi connectivity index (χ0v) is 14.5. The lowest BCUT2D eigenvalue weighted by molar-refractivity contribution is -0.129. The number of nitrogens with one attached hydrogen (secondary N) is 1. The van der Waals surface area contributed by atoms with Gasteiger partial charge in [0.1, 0.15) is 12.4 Å². The molecule has 1 fully saturated rings. The second-order valence-electron chi connectivity index (χ2n) is 6.70. The Bertz CT molecular complexity index is 501. The molecule has 0 aliphatic heterocycles. The van der Waals surface area contributed by atoms with Gasteiger partial charge in [-0.2, -0.15) is 0 Å². The van der Waals surface area contributed by atoms with E-state index in [1.165, 1.54) is 19.3 Å². The fourth-order valence-electron chi connectivity index (χ4n) is 2.97. The largest absolute Gasteiger partial charge is 0.491 e. The van der Waals surface area contributed by atoms with E-state index in [1.807, 2.05) is 38.1 Å². The third-order valence-corrected chi connectivity index (χ3v) is 4.22. The Kier molecular flexibility index (Phi) is 6.90. The molecule has 0 heterocycles. The molecule has 1 amide bonds. The number of rotatable bonds is 7. The molecule has 128 valence electrons. The van der Waals surface area contributed by atoms with Gasteiger partial charge < -0.3 is 14.8 Å². The lowest BCUT2D eigenvalue weighted by Crippen LogP contribution is -2.32. The molecule has 1 saturated carbocycles. The Labute approximate surface area is 139 Å². The van der Waals surface area contributed by atoms with E-state index in [0.717, 1.165) is 17.7 Å². The van der Waals surface area contributed by atoms with Crippen LogP contribution in [0, 0.1) is 5.92 Å². The van der Waals surface area contributed by atoms with Gasteiger partial charge in [-0.1, -0.05) is 31.9 Å². The van der Waals surface area contributed by atoms with Crippen LogP contribution in [-0.4, -0.2) is 24.7 Å². The van der Waals surface area contributed by atoms with Gasteiger partial charge in [0, 0.05) is 6.54 Å². The van der Waals surface area contributed by atoms with E-state index in [-0.39, 0.29) is 24.7 Å². The fraction of sp³-hybridized carbons (Fsp3) is 0.632. The average molecular weight is 319 g/mol. The van der Waals surface area contributed by atoms with Crippen LogP contribution in [0.25, 0.3) is 0 Å². The van der Waals surface area contributed by atoms with Crippen molar-refractivity contribution in [1.82, 2.24) is 5.32 Å². The van der Waals surface area contributed by atoms with Crippen LogP contribution in [0.15, 0.2) is 24.3 Å². The van der Waals surface area contributed by atoms with Crippen molar-refractivity contribution in [2.75, 3.05) is 6.61 Å². The highest BCUT2D eigenvalue weighted by Gasteiger charge is 2.22. The third-order valence-electron chi connectivity index (χ3n) is 4.22. The summed E-state index contributed by atoms with van der Waals surface area (Å²) in [5.41, 5.74) is 1.03. The molecule has 0 spiro atoms. The van der Waals surface area contributed by atoms with Gasteiger partial charge >= 0.3 is 0 Å². The first kappa shape index (κ1) is 17.8. The number of hydrogen-bond donors (Lipinski definition) is 1. The minimum Gasteiger partial charge on any atom is -0.491 e. The van der Waals surface area contributed by atoms with Gasteiger partial charge in [0.2, 0.25) is 5.91 Å². The molecule has 0 aromatic heterocycles. The molecule has 0 bridgehead atoms. The average Bonchev–Trinajstić information content (AvgIpc) is 2.52. The molecule has 1 aromatic rings. The molecule has 4 heteroatoms. The van der Waals surface area contributed by atoms with Crippen molar-refractivity contribution in [2.45, 2.75) is 65.2 Å². The summed E-state index contributed by atoms with van der Waals surface area (Å²) in [7, 11) is 0. The Morgan fingerprint density at radius 3 is 2.83 bits per heavy atom. The highest BCUT2D eigenvalue weighted by atomic mass is 16.5. The SMILES string of the molecule is CC(C)Oc1cccc(CNC(=O)COC2CCCCC2C)c1. The van der Waals surface area contributed by atoms with E-state index in [4.69, 9.17) is 9.47 Å². The van der Waals surface area contributed by atoms with Gasteiger partial charge in [-0.25, -0.2) is 0 Å². The molecule has 1 N–H and O–H groups in total. The second kappa shape index (κ2) is 8.92. The van der Waals surface area contributed by atoms with E-state index in [9.17, 15) is 4.79 Å². The standard InChI is InChI=1S/C19H29NO3/c1-14(2)23-17-9-6-8-16(11-17)12-20-19(21)13-22-18-10-5-4-7-15(18)3/h6,8-9,11,14-15,18H,4-5,7,10,12-13H2,1-3H3,(H,20,21). The van der Waals surface area contributed by atoms with Gasteiger partial charge in [-0.3, -0.25) is 4.79 Å². The fourth-order valence-corrected chi connectivity index (χ4v) is 2.97.